The maximum atomic E-state index is 12.6. The molecule has 8 nitrogen and oxygen atoms in total. The zero-order valence-corrected chi connectivity index (χ0v) is 18.3. The van der Waals surface area contributed by atoms with Gasteiger partial charge in [0.2, 0.25) is 0 Å². The van der Waals surface area contributed by atoms with Gasteiger partial charge >= 0.3 is 0 Å². The Labute approximate surface area is 196 Å². The van der Waals surface area contributed by atoms with E-state index in [1.165, 1.54) is 36.0 Å². The molecule has 0 saturated heterocycles. The molecule has 3 heterocycles. The number of carbonyl (C=O) groups excluding carboxylic acids is 1. The number of amidine groups is 2. The lowest BCUT2D eigenvalue weighted by molar-refractivity contribution is -0.384. The van der Waals surface area contributed by atoms with Crippen molar-refractivity contribution in [2.75, 3.05) is 0 Å². The van der Waals surface area contributed by atoms with Crippen LogP contribution in [0.2, 0.25) is 5.02 Å². The number of thioether (sulfide) groups is 1. The Bertz CT molecular complexity index is 1430. The van der Waals surface area contributed by atoms with Crippen LogP contribution in [0.1, 0.15) is 11.3 Å². The minimum Gasteiger partial charge on any atom is -0.457 e. The fourth-order valence-electron chi connectivity index (χ4n) is 3.45. The summed E-state index contributed by atoms with van der Waals surface area (Å²) < 4.78 is 5.79. The number of nitro groups is 1. The average Bonchev–Trinajstić information content (AvgIpc) is 3.44. The van der Waals surface area contributed by atoms with Gasteiger partial charge in [0.15, 0.2) is 5.17 Å². The summed E-state index contributed by atoms with van der Waals surface area (Å²) in [5.41, 5.74) is 1.95. The van der Waals surface area contributed by atoms with Gasteiger partial charge in [-0.25, -0.2) is 0 Å². The molecule has 1 aromatic heterocycles. The van der Waals surface area contributed by atoms with Gasteiger partial charge in [0, 0.05) is 23.1 Å². The van der Waals surface area contributed by atoms with E-state index in [-0.39, 0.29) is 27.9 Å². The fraction of sp³-hybridized carbons (Fsp3) is 0. The van der Waals surface area contributed by atoms with Crippen LogP contribution in [-0.2, 0) is 4.79 Å². The molecule has 5 rings (SSSR count). The maximum absolute atomic E-state index is 12.6. The van der Waals surface area contributed by atoms with Crippen molar-refractivity contribution in [3.05, 3.63) is 98.1 Å². The van der Waals surface area contributed by atoms with Crippen LogP contribution < -0.4 is 0 Å². The molecule has 0 aliphatic carbocycles. The molecule has 0 fully saturated rings. The van der Waals surface area contributed by atoms with Gasteiger partial charge in [0.1, 0.15) is 17.4 Å². The van der Waals surface area contributed by atoms with Crippen LogP contribution in [0.3, 0.4) is 0 Å². The Balaban J connectivity index is 1.49. The van der Waals surface area contributed by atoms with E-state index in [2.05, 4.69) is 4.99 Å². The summed E-state index contributed by atoms with van der Waals surface area (Å²) in [4.78, 5) is 29.0. The number of rotatable bonds is 4. The summed E-state index contributed by atoms with van der Waals surface area (Å²) in [7, 11) is 0. The smallest absolute Gasteiger partial charge is 0.283 e. The van der Waals surface area contributed by atoms with E-state index >= 15 is 0 Å². The van der Waals surface area contributed by atoms with Crippen molar-refractivity contribution in [3.8, 4) is 11.3 Å². The first-order valence-corrected chi connectivity index (χ1v) is 10.9. The molecule has 3 aromatic rings. The molecular formula is C23H13ClN4O4S. The molecule has 162 valence electrons. The normalized spacial score (nSPS) is 16.6. The first-order chi connectivity index (χ1) is 15.9. The van der Waals surface area contributed by atoms with Crippen molar-refractivity contribution in [3.63, 3.8) is 0 Å². The van der Waals surface area contributed by atoms with Crippen molar-refractivity contribution >= 4 is 57.7 Å². The second kappa shape index (κ2) is 8.19. The third kappa shape index (κ3) is 3.77. The van der Waals surface area contributed by atoms with E-state index in [1.54, 1.807) is 17.0 Å². The molecule has 10 heteroatoms. The second-order valence-corrected chi connectivity index (χ2v) is 8.30. The number of halogens is 1. The monoisotopic (exact) mass is 476 g/mol. The van der Waals surface area contributed by atoms with Crippen LogP contribution in [-0.4, -0.2) is 26.7 Å². The Morgan fingerprint density at radius 3 is 2.70 bits per heavy atom. The summed E-state index contributed by atoms with van der Waals surface area (Å²) in [6, 6.07) is 16.8. The predicted octanol–water partition coefficient (Wildman–Crippen LogP) is 5.81. The second-order valence-electron chi connectivity index (χ2n) is 7.05. The van der Waals surface area contributed by atoms with E-state index < -0.39 is 10.8 Å². The van der Waals surface area contributed by atoms with Crippen molar-refractivity contribution in [2.45, 2.75) is 0 Å². The molecule has 0 bridgehead atoms. The molecule has 2 aromatic carbocycles. The molecule has 0 radical (unpaired) electrons. The zero-order chi connectivity index (χ0) is 23.1. The predicted molar refractivity (Wildman–Crippen MR) is 128 cm³/mol. The molecule has 2 aliphatic rings. The average molecular weight is 477 g/mol. The highest BCUT2D eigenvalue weighted by molar-refractivity contribution is 8.17. The number of nitro benzene ring substituents is 1. The van der Waals surface area contributed by atoms with Crippen LogP contribution in [0.15, 0.2) is 81.1 Å². The molecule has 0 saturated carbocycles. The third-order valence-corrected chi connectivity index (χ3v) is 6.18. The number of aliphatic imine (C=N–C) groups is 1. The Hall–Kier alpha value is -3.95. The quantitative estimate of drug-likeness (QED) is 0.288. The number of non-ortho nitro benzene ring substituents is 1. The summed E-state index contributed by atoms with van der Waals surface area (Å²) in [6.45, 7) is 0. The number of nitrogens with zero attached hydrogens (tertiary/aromatic N) is 3. The van der Waals surface area contributed by atoms with E-state index in [0.717, 1.165) is 11.3 Å². The SMILES string of the molecule is N=C1/C(=C\c2ccc(-c3cc([N+](=O)[O-])ccc3Cl)o2)C(=O)N=C2SC=C(c3ccccc3)N12. The Kier molecular flexibility index (Phi) is 5.20. The molecule has 0 spiro atoms. The van der Waals surface area contributed by atoms with Crippen molar-refractivity contribution in [2.24, 2.45) is 4.99 Å². The Morgan fingerprint density at radius 2 is 1.94 bits per heavy atom. The van der Waals surface area contributed by atoms with Gasteiger partial charge in [-0.05, 0) is 29.8 Å². The number of amides is 1. The van der Waals surface area contributed by atoms with Gasteiger partial charge < -0.3 is 4.42 Å². The summed E-state index contributed by atoms with van der Waals surface area (Å²) in [5.74, 6) is 0.0248. The lowest BCUT2D eigenvalue weighted by Crippen LogP contribution is -2.37. The van der Waals surface area contributed by atoms with Gasteiger partial charge in [-0.3, -0.25) is 25.2 Å². The summed E-state index contributed by atoms with van der Waals surface area (Å²) in [5, 5.41) is 22.3. The van der Waals surface area contributed by atoms with Gasteiger partial charge in [0.25, 0.3) is 11.6 Å². The largest absolute Gasteiger partial charge is 0.457 e. The van der Waals surface area contributed by atoms with Crippen LogP contribution in [0.4, 0.5) is 5.69 Å². The van der Waals surface area contributed by atoms with E-state index in [1.807, 2.05) is 35.7 Å². The van der Waals surface area contributed by atoms with Crippen molar-refractivity contribution < 1.29 is 14.1 Å². The van der Waals surface area contributed by atoms with Gasteiger partial charge in [-0.1, -0.05) is 53.7 Å². The van der Waals surface area contributed by atoms with E-state index in [4.69, 9.17) is 21.4 Å². The topological polar surface area (TPSA) is 113 Å². The Morgan fingerprint density at radius 1 is 1.15 bits per heavy atom. The highest BCUT2D eigenvalue weighted by Gasteiger charge is 2.36. The first kappa shape index (κ1) is 20.9. The summed E-state index contributed by atoms with van der Waals surface area (Å²) in [6.07, 6.45) is 1.44. The van der Waals surface area contributed by atoms with E-state index in [9.17, 15) is 14.9 Å². The number of carbonyl (C=O) groups is 1. The fourth-order valence-corrected chi connectivity index (χ4v) is 4.55. The zero-order valence-electron chi connectivity index (χ0n) is 16.7. The van der Waals surface area contributed by atoms with Crippen LogP contribution in [0, 0.1) is 15.5 Å². The van der Waals surface area contributed by atoms with Crippen molar-refractivity contribution in [1.82, 2.24) is 4.90 Å². The number of benzene rings is 2. The lowest BCUT2D eigenvalue weighted by Gasteiger charge is -2.26. The van der Waals surface area contributed by atoms with Crippen LogP contribution >= 0.6 is 23.4 Å². The third-order valence-electron chi connectivity index (χ3n) is 5.02. The lowest BCUT2D eigenvalue weighted by atomic mass is 10.1. The van der Waals surface area contributed by atoms with Crippen LogP contribution in [0.5, 0.6) is 0 Å². The van der Waals surface area contributed by atoms with Gasteiger partial charge in [0.05, 0.1) is 21.2 Å². The number of fused-ring (bicyclic) bond motifs is 1. The number of furan rings is 1. The molecular weight excluding hydrogens is 464 g/mol. The molecule has 0 unspecified atom stereocenters. The number of nitrogens with one attached hydrogen (secondary N) is 1. The molecule has 2 aliphatic heterocycles. The molecule has 33 heavy (non-hydrogen) atoms. The van der Waals surface area contributed by atoms with Crippen molar-refractivity contribution in [1.29, 1.82) is 5.41 Å². The molecule has 1 N–H and O–H groups in total. The highest BCUT2D eigenvalue weighted by Crippen LogP contribution is 2.38. The van der Waals surface area contributed by atoms with Crippen LogP contribution in [0.25, 0.3) is 23.1 Å². The van der Waals surface area contributed by atoms with E-state index in [0.29, 0.717) is 16.5 Å². The van der Waals surface area contributed by atoms with Gasteiger partial charge in [-0.15, -0.1) is 0 Å². The molecule has 1 amide bonds. The maximum Gasteiger partial charge on any atom is 0.283 e. The highest BCUT2D eigenvalue weighted by atomic mass is 35.5. The standard InChI is InChI=1S/C23H13ClN4O4S/c24-18-8-6-14(28(30)31)10-16(18)20-9-7-15(32-20)11-17-21(25)27-19(13-4-2-1-3-5-13)12-33-23(27)26-22(17)29/h1-12,25H/b17-11+,25-21?. The number of hydrogen-bond acceptors (Lipinski definition) is 6. The summed E-state index contributed by atoms with van der Waals surface area (Å²) >= 11 is 7.48. The minimum absolute atomic E-state index is 0.0172. The number of hydrogen-bond donors (Lipinski definition) is 1. The van der Waals surface area contributed by atoms with Gasteiger partial charge in [-0.2, -0.15) is 4.99 Å². The molecule has 0 atom stereocenters. The first-order valence-electron chi connectivity index (χ1n) is 9.62. The minimum atomic E-state index is -0.548.